The molecule has 0 atom stereocenters. The first-order chi connectivity index (χ1) is 14.1. The number of pyridine rings is 1. The summed E-state index contributed by atoms with van der Waals surface area (Å²) >= 11 is 0. The Bertz CT molecular complexity index is 1060. The molecule has 4 rings (SSSR count). The number of hydrogen-bond donors (Lipinski definition) is 1. The zero-order valence-electron chi connectivity index (χ0n) is 16.8. The second kappa shape index (κ2) is 8.39. The molecule has 0 radical (unpaired) electrons. The van der Waals surface area contributed by atoms with Gasteiger partial charge in [0.15, 0.2) is 5.82 Å². The van der Waals surface area contributed by atoms with E-state index in [-0.39, 0.29) is 5.41 Å². The van der Waals surface area contributed by atoms with Crippen LogP contribution in [-0.4, -0.2) is 32.2 Å². The van der Waals surface area contributed by atoms with Crippen molar-refractivity contribution in [3.63, 3.8) is 0 Å². The SMILES string of the molecule is CC(C)(CCCCOc1cc(-c2ccccc2)c2ccccc2n1)c1nnn[nH]1. The highest BCUT2D eigenvalue weighted by Gasteiger charge is 2.23. The van der Waals surface area contributed by atoms with Gasteiger partial charge < -0.3 is 4.74 Å². The molecule has 0 aliphatic rings. The maximum Gasteiger partial charge on any atom is 0.214 e. The average Bonchev–Trinajstić information content (AvgIpc) is 3.29. The van der Waals surface area contributed by atoms with E-state index in [2.05, 4.69) is 64.8 Å². The summed E-state index contributed by atoms with van der Waals surface area (Å²) in [5, 5.41) is 15.4. The number of hydrogen-bond acceptors (Lipinski definition) is 5. The summed E-state index contributed by atoms with van der Waals surface area (Å²) in [5.74, 6) is 1.49. The minimum Gasteiger partial charge on any atom is -0.478 e. The number of benzene rings is 2. The van der Waals surface area contributed by atoms with Gasteiger partial charge in [0.1, 0.15) is 0 Å². The standard InChI is InChI=1S/C23H25N5O/c1-23(2,22-25-27-28-26-22)14-8-9-15-29-21-16-19(17-10-4-3-5-11-17)18-12-6-7-13-20(18)24-21/h3-7,10-13,16H,8-9,14-15H2,1-2H3,(H,25,26,27,28). The van der Waals surface area contributed by atoms with Gasteiger partial charge in [0.25, 0.3) is 0 Å². The van der Waals surface area contributed by atoms with E-state index in [9.17, 15) is 0 Å². The van der Waals surface area contributed by atoms with Gasteiger partial charge in [0.2, 0.25) is 5.88 Å². The van der Waals surface area contributed by atoms with Crippen LogP contribution in [0, 0.1) is 0 Å². The van der Waals surface area contributed by atoms with Gasteiger partial charge in [0.05, 0.1) is 12.1 Å². The lowest BCUT2D eigenvalue weighted by Crippen LogP contribution is -2.19. The van der Waals surface area contributed by atoms with Crippen LogP contribution in [0.1, 0.15) is 38.9 Å². The lowest BCUT2D eigenvalue weighted by molar-refractivity contribution is 0.287. The van der Waals surface area contributed by atoms with Crippen LogP contribution in [0.25, 0.3) is 22.0 Å². The van der Waals surface area contributed by atoms with Crippen LogP contribution in [-0.2, 0) is 5.41 Å². The van der Waals surface area contributed by atoms with Crippen molar-refractivity contribution in [1.82, 2.24) is 25.6 Å². The molecule has 0 spiro atoms. The summed E-state index contributed by atoms with van der Waals surface area (Å²) in [6, 6.07) is 20.6. The maximum absolute atomic E-state index is 6.02. The van der Waals surface area contributed by atoms with E-state index >= 15 is 0 Å². The number of tetrazole rings is 1. The first-order valence-electron chi connectivity index (χ1n) is 9.96. The monoisotopic (exact) mass is 387 g/mol. The van der Waals surface area contributed by atoms with Crippen molar-refractivity contribution in [2.45, 2.75) is 38.5 Å². The van der Waals surface area contributed by atoms with Crippen molar-refractivity contribution in [2.24, 2.45) is 0 Å². The summed E-state index contributed by atoms with van der Waals surface area (Å²) in [5.41, 5.74) is 3.18. The van der Waals surface area contributed by atoms with Gasteiger partial charge in [-0.3, -0.25) is 0 Å². The number of nitrogens with one attached hydrogen (secondary N) is 1. The summed E-state index contributed by atoms with van der Waals surface area (Å²) in [7, 11) is 0. The minimum atomic E-state index is -0.0782. The molecule has 2 aromatic carbocycles. The molecule has 0 saturated carbocycles. The van der Waals surface area contributed by atoms with Crippen LogP contribution in [0.15, 0.2) is 60.7 Å². The Morgan fingerprint density at radius 1 is 0.966 bits per heavy atom. The number of H-pyrrole nitrogens is 1. The molecule has 0 bridgehead atoms. The predicted molar refractivity (Wildman–Crippen MR) is 114 cm³/mol. The lowest BCUT2D eigenvalue weighted by atomic mass is 9.86. The second-order valence-electron chi connectivity index (χ2n) is 7.83. The van der Waals surface area contributed by atoms with Crippen LogP contribution in [0.5, 0.6) is 5.88 Å². The van der Waals surface area contributed by atoms with E-state index in [0.29, 0.717) is 12.5 Å². The maximum atomic E-state index is 6.02. The van der Waals surface area contributed by atoms with Crippen LogP contribution in [0.4, 0.5) is 0 Å². The second-order valence-corrected chi connectivity index (χ2v) is 7.83. The fourth-order valence-corrected chi connectivity index (χ4v) is 3.49. The molecule has 0 unspecified atom stereocenters. The summed E-state index contributed by atoms with van der Waals surface area (Å²) in [6.07, 6.45) is 2.95. The van der Waals surface area contributed by atoms with Gasteiger partial charge in [-0.25, -0.2) is 10.1 Å². The summed E-state index contributed by atoms with van der Waals surface area (Å²) in [6.45, 7) is 4.92. The Morgan fingerprint density at radius 3 is 2.55 bits per heavy atom. The quantitative estimate of drug-likeness (QED) is 0.433. The van der Waals surface area contributed by atoms with Crippen LogP contribution in [0.3, 0.4) is 0 Å². The molecule has 2 aromatic heterocycles. The van der Waals surface area contributed by atoms with E-state index in [4.69, 9.17) is 9.72 Å². The van der Waals surface area contributed by atoms with E-state index in [1.165, 1.54) is 5.56 Å². The molecule has 2 heterocycles. The molecule has 0 fully saturated rings. The predicted octanol–water partition coefficient (Wildman–Crippen LogP) is 4.94. The summed E-state index contributed by atoms with van der Waals surface area (Å²) < 4.78 is 6.02. The van der Waals surface area contributed by atoms with E-state index < -0.39 is 0 Å². The Hall–Kier alpha value is -3.28. The minimum absolute atomic E-state index is 0.0782. The van der Waals surface area contributed by atoms with Crippen molar-refractivity contribution in [3.05, 3.63) is 66.5 Å². The topological polar surface area (TPSA) is 76.6 Å². The highest BCUT2D eigenvalue weighted by atomic mass is 16.5. The number of aromatic nitrogens is 5. The van der Waals surface area contributed by atoms with Crippen molar-refractivity contribution in [1.29, 1.82) is 0 Å². The van der Waals surface area contributed by atoms with Crippen LogP contribution in [0.2, 0.25) is 0 Å². The lowest BCUT2D eigenvalue weighted by Gasteiger charge is -2.20. The van der Waals surface area contributed by atoms with Crippen molar-refractivity contribution < 1.29 is 4.74 Å². The zero-order valence-corrected chi connectivity index (χ0v) is 16.8. The van der Waals surface area contributed by atoms with Crippen molar-refractivity contribution >= 4 is 10.9 Å². The first kappa shape index (κ1) is 19.1. The zero-order chi connectivity index (χ0) is 20.1. The Morgan fingerprint density at radius 2 is 1.76 bits per heavy atom. The fourth-order valence-electron chi connectivity index (χ4n) is 3.49. The Balaban J connectivity index is 1.42. The number of ether oxygens (including phenoxy) is 1. The van der Waals surface area contributed by atoms with Crippen molar-refractivity contribution in [3.8, 4) is 17.0 Å². The van der Waals surface area contributed by atoms with E-state index in [1.807, 2.05) is 30.3 Å². The molecular formula is C23H25N5O. The molecule has 0 aliphatic carbocycles. The van der Waals surface area contributed by atoms with Gasteiger partial charge >= 0.3 is 0 Å². The smallest absolute Gasteiger partial charge is 0.214 e. The molecule has 1 N–H and O–H groups in total. The fraction of sp³-hybridized carbons (Fsp3) is 0.304. The molecule has 6 heteroatoms. The Kier molecular flexibility index (Phi) is 5.51. The number of fused-ring (bicyclic) bond motifs is 1. The molecule has 0 aliphatic heterocycles. The largest absolute Gasteiger partial charge is 0.478 e. The average molecular weight is 387 g/mol. The van der Waals surface area contributed by atoms with Gasteiger partial charge in [-0.1, -0.05) is 62.4 Å². The number of aromatic amines is 1. The van der Waals surface area contributed by atoms with Crippen LogP contribution < -0.4 is 4.74 Å². The molecule has 0 amide bonds. The number of unbranched alkanes of at least 4 members (excludes halogenated alkanes) is 1. The number of nitrogens with zero attached hydrogens (tertiary/aromatic N) is 4. The van der Waals surface area contributed by atoms with Gasteiger partial charge in [0, 0.05) is 16.9 Å². The van der Waals surface area contributed by atoms with E-state index in [0.717, 1.165) is 41.6 Å². The molecule has 4 aromatic rings. The van der Waals surface area contributed by atoms with Gasteiger partial charge in [-0.2, -0.15) is 0 Å². The third kappa shape index (κ3) is 4.42. The molecule has 0 saturated heterocycles. The normalized spacial score (nSPS) is 11.7. The highest BCUT2D eigenvalue weighted by molar-refractivity contribution is 5.95. The molecule has 29 heavy (non-hydrogen) atoms. The third-order valence-electron chi connectivity index (χ3n) is 5.21. The molecule has 6 nitrogen and oxygen atoms in total. The van der Waals surface area contributed by atoms with Gasteiger partial charge in [-0.15, -0.1) is 5.10 Å². The Labute approximate surface area is 170 Å². The van der Waals surface area contributed by atoms with Gasteiger partial charge in [-0.05, 0) is 46.9 Å². The van der Waals surface area contributed by atoms with E-state index in [1.54, 1.807) is 0 Å². The number of rotatable bonds is 8. The number of para-hydroxylation sites is 1. The summed E-state index contributed by atoms with van der Waals surface area (Å²) in [4.78, 5) is 4.69. The van der Waals surface area contributed by atoms with Crippen LogP contribution >= 0.6 is 0 Å². The third-order valence-corrected chi connectivity index (χ3v) is 5.21. The highest BCUT2D eigenvalue weighted by Crippen LogP contribution is 2.31. The van der Waals surface area contributed by atoms with Crippen molar-refractivity contribution in [2.75, 3.05) is 6.61 Å². The first-order valence-corrected chi connectivity index (χ1v) is 9.96. The molecular weight excluding hydrogens is 362 g/mol. The molecule has 148 valence electrons.